The summed E-state index contributed by atoms with van der Waals surface area (Å²) >= 11 is 1.97. The first-order valence-corrected chi connectivity index (χ1v) is 8.73. The van der Waals surface area contributed by atoms with Gasteiger partial charge in [0.2, 0.25) is 0 Å². The molecular weight excluding hydrogens is 301 g/mol. The normalized spacial score (nSPS) is 25.8. The van der Waals surface area contributed by atoms with E-state index in [1.54, 1.807) is 6.07 Å². The molecule has 4 nitrogen and oxygen atoms in total. The zero-order valence-electron chi connectivity index (χ0n) is 12.5. The topological polar surface area (TPSA) is 48.3 Å². The minimum absolute atomic E-state index is 0.107. The number of ether oxygens (including phenoxy) is 1. The SMILES string of the molecule is N#Cc1cc(F)ccc1NC[C@]1(N2CCOCC2)CCSC1. The van der Waals surface area contributed by atoms with Gasteiger partial charge in [-0.3, -0.25) is 4.90 Å². The number of anilines is 1. The fourth-order valence-corrected chi connectivity index (χ4v) is 4.64. The summed E-state index contributed by atoms with van der Waals surface area (Å²) in [6.07, 6.45) is 1.13. The number of nitrogens with one attached hydrogen (secondary N) is 1. The quantitative estimate of drug-likeness (QED) is 0.922. The maximum Gasteiger partial charge on any atom is 0.124 e. The Hall–Kier alpha value is -1.29. The third-order valence-corrected chi connectivity index (χ3v) is 5.71. The maximum atomic E-state index is 13.2. The molecule has 3 rings (SSSR count). The van der Waals surface area contributed by atoms with Gasteiger partial charge in [0.1, 0.15) is 11.9 Å². The Morgan fingerprint density at radius 1 is 1.41 bits per heavy atom. The van der Waals surface area contributed by atoms with Crippen molar-refractivity contribution < 1.29 is 9.13 Å². The lowest BCUT2D eigenvalue weighted by Crippen LogP contribution is -2.57. The van der Waals surface area contributed by atoms with Crippen molar-refractivity contribution in [1.29, 1.82) is 5.26 Å². The number of rotatable bonds is 4. The highest BCUT2D eigenvalue weighted by molar-refractivity contribution is 7.99. The van der Waals surface area contributed by atoms with Crippen LogP contribution in [0.2, 0.25) is 0 Å². The van der Waals surface area contributed by atoms with Crippen LogP contribution in [0, 0.1) is 17.1 Å². The number of nitrogens with zero attached hydrogens (tertiary/aromatic N) is 2. The average Bonchev–Trinajstić information content (AvgIpc) is 3.04. The van der Waals surface area contributed by atoms with Crippen LogP contribution in [0.25, 0.3) is 0 Å². The molecule has 0 unspecified atom stereocenters. The van der Waals surface area contributed by atoms with E-state index in [4.69, 9.17) is 10.00 Å². The zero-order valence-corrected chi connectivity index (χ0v) is 13.3. The summed E-state index contributed by atoms with van der Waals surface area (Å²) in [5, 5.41) is 12.5. The third kappa shape index (κ3) is 3.22. The van der Waals surface area contributed by atoms with Crippen molar-refractivity contribution in [2.24, 2.45) is 0 Å². The third-order valence-electron chi connectivity index (χ3n) is 4.47. The van der Waals surface area contributed by atoms with Gasteiger partial charge in [0, 0.05) is 30.9 Å². The summed E-state index contributed by atoms with van der Waals surface area (Å²) in [5.41, 5.74) is 1.19. The van der Waals surface area contributed by atoms with Crippen molar-refractivity contribution in [3.05, 3.63) is 29.6 Å². The lowest BCUT2D eigenvalue weighted by molar-refractivity contribution is -0.00920. The molecular formula is C16H20FN3OS. The number of thioether (sulfide) groups is 1. The molecule has 0 spiro atoms. The number of nitriles is 1. The molecule has 0 saturated carbocycles. The van der Waals surface area contributed by atoms with Gasteiger partial charge in [-0.25, -0.2) is 4.39 Å². The Kier molecular flexibility index (Phi) is 4.87. The maximum absolute atomic E-state index is 13.2. The first-order valence-electron chi connectivity index (χ1n) is 7.58. The van der Waals surface area contributed by atoms with Crippen molar-refractivity contribution in [2.45, 2.75) is 12.0 Å². The molecule has 2 heterocycles. The van der Waals surface area contributed by atoms with Crippen LogP contribution in [0.5, 0.6) is 0 Å². The molecule has 1 atom stereocenters. The molecule has 0 amide bonds. The second-order valence-electron chi connectivity index (χ2n) is 5.78. The molecule has 1 N–H and O–H groups in total. The van der Waals surface area contributed by atoms with E-state index < -0.39 is 0 Å². The van der Waals surface area contributed by atoms with E-state index in [0.29, 0.717) is 11.3 Å². The summed E-state index contributed by atoms with van der Waals surface area (Å²) in [7, 11) is 0. The van der Waals surface area contributed by atoms with Crippen LogP contribution in [-0.2, 0) is 4.74 Å². The summed E-state index contributed by atoms with van der Waals surface area (Å²) in [6.45, 7) is 4.26. The summed E-state index contributed by atoms with van der Waals surface area (Å²) in [5.74, 6) is 1.87. The van der Waals surface area contributed by atoms with E-state index in [1.165, 1.54) is 12.1 Å². The minimum Gasteiger partial charge on any atom is -0.382 e. The number of benzene rings is 1. The van der Waals surface area contributed by atoms with Gasteiger partial charge < -0.3 is 10.1 Å². The van der Waals surface area contributed by atoms with Crippen molar-refractivity contribution in [1.82, 2.24) is 4.90 Å². The molecule has 0 radical (unpaired) electrons. The molecule has 6 heteroatoms. The van der Waals surface area contributed by atoms with Crippen LogP contribution in [0.1, 0.15) is 12.0 Å². The Balaban J connectivity index is 1.73. The molecule has 0 aromatic heterocycles. The number of morpholine rings is 1. The van der Waals surface area contributed by atoms with Crippen LogP contribution in [0.3, 0.4) is 0 Å². The predicted octanol–water partition coefficient (Wildman–Crippen LogP) is 2.32. The molecule has 2 fully saturated rings. The van der Waals surface area contributed by atoms with Crippen molar-refractivity contribution in [3.63, 3.8) is 0 Å². The smallest absolute Gasteiger partial charge is 0.124 e. The van der Waals surface area contributed by atoms with Crippen LogP contribution in [-0.4, -0.2) is 54.8 Å². The minimum atomic E-state index is -0.374. The van der Waals surface area contributed by atoms with Gasteiger partial charge in [0.25, 0.3) is 0 Å². The van der Waals surface area contributed by atoms with E-state index in [0.717, 1.165) is 50.8 Å². The number of hydrogen-bond donors (Lipinski definition) is 1. The highest BCUT2D eigenvalue weighted by Gasteiger charge is 2.40. The van der Waals surface area contributed by atoms with E-state index >= 15 is 0 Å². The van der Waals surface area contributed by atoms with Crippen molar-refractivity contribution >= 4 is 17.4 Å². The van der Waals surface area contributed by atoms with Gasteiger partial charge in [0.05, 0.1) is 24.5 Å². The van der Waals surface area contributed by atoms with Gasteiger partial charge in [0.15, 0.2) is 0 Å². The van der Waals surface area contributed by atoms with Crippen molar-refractivity contribution in [3.8, 4) is 6.07 Å². The molecule has 2 aliphatic rings. The molecule has 2 saturated heterocycles. The van der Waals surface area contributed by atoms with Gasteiger partial charge >= 0.3 is 0 Å². The molecule has 1 aromatic rings. The van der Waals surface area contributed by atoms with Crippen LogP contribution in [0.4, 0.5) is 10.1 Å². The van der Waals surface area contributed by atoms with Crippen LogP contribution < -0.4 is 5.32 Å². The first kappa shape index (κ1) is 15.6. The standard InChI is InChI=1S/C16H20FN3OS/c17-14-1-2-15(13(9-14)10-18)19-11-16(3-8-22-12-16)20-4-6-21-7-5-20/h1-2,9,19H,3-8,11-12H2/t16-/m1/s1. The molecule has 118 valence electrons. The molecule has 1 aromatic carbocycles. The Labute approximate surface area is 134 Å². The zero-order chi connectivity index (χ0) is 15.4. The highest BCUT2D eigenvalue weighted by Crippen LogP contribution is 2.34. The fourth-order valence-electron chi connectivity index (χ4n) is 3.16. The lowest BCUT2D eigenvalue weighted by atomic mass is 9.95. The Morgan fingerprint density at radius 3 is 2.91 bits per heavy atom. The summed E-state index contributed by atoms with van der Waals surface area (Å²) < 4.78 is 18.7. The lowest BCUT2D eigenvalue weighted by Gasteiger charge is -2.43. The summed E-state index contributed by atoms with van der Waals surface area (Å²) in [4.78, 5) is 2.51. The van der Waals surface area contributed by atoms with E-state index in [9.17, 15) is 4.39 Å². The second kappa shape index (κ2) is 6.86. The number of hydrogen-bond acceptors (Lipinski definition) is 5. The molecule has 0 bridgehead atoms. The van der Waals surface area contributed by atoms with Gasteiger partial charge in [-0.2, -0.15) is 17.0 Å². The molecule has 22 heavy (non-hydrogen) atoms. The van der Waals surface area contributed by atoms with E-state index in [2.05, 4.69) is 16.3 Å². The predicted molar refractivity (Wildman–Crippen MR) is 86.7 cm³/mol. The highest BCUT2D eigenvalue weighted by atomic mass is 32.2. The van der Waals surface area contributed by atoms with Gasteiger partial charge in [-0.1, -0.05) is 0 Å². The summed E-state index contributed by atoms with van der Waals surface area (Å²) in [6, 6.07) is 6.40. The largest absolute Gasteiger partial charge is 0.382 e. The van der Waals surface area contributed by atoms with Gasteiger partial charge in [-0.05, 0) is 30.4 Å². The molecule has 2 aliphatic heterocycles. The Morgan fingerprint density at radius 2 is 2.23 bits per heavy atom. The molecule has 0 aliphatic carbocycles. The average molecular weight is 321 g/mol. The Bertz CT molecular complexity index is 563. The van der Waals surface area contributed by atoms with E-state index in [-0.39, 0.29) is 11.4 Å². The number of halogens is 1. The van der Waals surface area contributed by atoms with Crippen molar-refractivity contribution in [2.75, 3.05) is 49.7 Å². The van der Waals surface area contributed by atoms with E-state index in [1.807, 2.05) is 11.8 Å². The van der Waals surface area contributed by atoms with Crippen LogP contribution in [0.15, 0.2) is 18.2 Å². The van der Waals surface area contributed by atoms with Gasteiger partial charge in [-0.15, -0.1) is 0 Å². The monoisotopic (exact) mass is 321 g/mol. The first-order chi connectivity index (χ1) is 10.7. The second-order valence-corrected chi connectivity index (χ2v) is 6.89. The van der Waals surface area contributed by atoms with Crippen LogP contribution >= 0.6 is 11.8 Å². The fraction of sp³-hybridized carbons (Fsp3) is 0.562.